The molecule has 10 heteroatoms. The second-order valence-corrected chi connectivity index (χ2v) is 16.5. The van der Waals surface area contributed by atoms with Crippen LogP contribution in [0.1, 0.15) is 86.5 Å². The summed E-state index contributed by atoms with van der Waals surface area (Å²) >= 11 is 0. The van der Waals surface area contributed by atoms with Crippen LogP contribution in [-0.2, 0) is 14.3 Å². The van der Waals surface area contributed by atoms with Gasteiger partial charge in [-0.05, 0) is 86.0 Å². The molecule has 1 heterocycles. The van der Waals surface area contributed by atoms with Gasteiger partial charge in [0, 0.05) is 16.7 Å². The number of rotatable bonds is 9. The molecule has 2 unspecified atom stereocenters. The summed E-state index contributed by atoms with van der Waals surface area (Å²) in [6, 6.07) is 0. The molecule has 0 amide bonds. The standard InChI is InChI=1S/C36H58O10/c1-18(2)27(41)24(45-32-30(44)29(43)28(42)25(16-37)46-32)14-19(3)20-10-11-35(7)31-23(39)15-22-21(8-9-26(40)33(22,4)5)36(31,17-38)13-12-34(20,35)6/h15,17,19-21,23-32,37,39-44H,1,8-14,16H2,2-7H3/t19-,20-,21-,23+,24?,25-,26+,27?,28-,29+,30-,31+,32-,34-,35+,36-/m1/s1. The van der Waals surface area contributed by atoms with Gasteiger partial charge in [-0.3, -0.25) is 0 Å². The summed E-state index contributed by atoms with van der Waals surface area (Å²) in [5, 5.41) is 74.8. The van der Waals surface area contributed by atoms with Gasteiger partial charge in [-0.25, -0.2) is 0 Å². The maximum absolute atomic E-state index is 13.3. The molecule has 46 heavy (non-hydrogen) atoms. The zero-order valence-corrected chi connectivity index (χ0v) is 28.4. The van der Waals surface area contributed by atoms with Gasteiger partial charge in [-0.15, -0.1) is 0 Å². The number of aldehydes is 1. The van der Waals surface area contributed by atoms with Crippen LogP contribution in [0.15, 0.2) is 23.8 Å². The van der Waals surface area contributed by atoms with Crippen LogP contribution >= 0.6 is 0 Å². The highest BCUT2D eigenvalue weighted by atomic mass is 16.7. The monoisotopic (exact) mass is 650 g/mol. The average Bonchev–Trinajstić information content (AvgIpc) is 3.28. The molecule has 4 aliphatic carbocycles. The van der Waals surface area contributed by atoms with Crippen molar-refractivity contribution < 1.29 is 50.0 Å². The van der Waals surface area contributed by atoms with E-state index >= 15 is 0 Å². The molecule has 5 rings (SSSR count). The number of aliphatic hydroxyl groups is 7. The largest absolute Gasteiger partial charge is 0.394 e. The van der Waals surface area contributed by atoms with Crippen LogP contribution < -0.4 is 0 Å². The van der Waals surface area contributed by atoms with Crippen LogP contribution in [0.4, 0.5) is 0 Å². The molecule has 0 spiro atoms. The molecule has 3 saturated carbocycles. The van der Waals surface area contributed by atoms with Gasteiger partial charge >= 0.3 is 0 Å². The van der Waals surface area contributed by atoms with Crippen molar-refractivity contribution in [3.63, 3.8) is 0 Å². The first kappa shape index (κ1) is 36.1. The Morgan fingerprint density at radius 1 is 1.02 bits per heavy atom. The maximum Gasteiger partial charge on any atom is 0.187 e. The Morgan fingerprint density at radius 3 is 2.30 bits per heavy atom. The Balaban J connectivity index is 1.42. The third-order valence-corrected chi connectivity index (χ3v) is 14.0. The average molecular weight is 651 g/mol. The molecule has 262 valence electrons. The molecule has 0 radical (unpaired) electrons. The molecule has 7 N–H and O–H groups in total. The number of ether oxygens (including phenoxy) is 2. The lowest BCUT2D eigenvalue weighted by Crippen LogP contribution is -2.64. The Morgan fingerprint density at radius 2 is 1.70 bits per heavy atom. The van der Waals surface area contributed by atoms with Crippen molar-refractivity contribution in [3.05, 3.63) is 23.8 Å². The second kappa shape index (κ2) is 12.6. The third-order valence-electron chi connectivity index (χ3n) is 14.0. The minimum absolute atomic E-state index is 0.00930. The van der Waals surface area contributed by atoms with Crippen molar-refractivity contribution in [3.8, 4) is 0 Å². The van der Waals surface area contributed by atoms with E-state index in [-0.39, 0.29) is 34.5 Å². The van der Waals surface area contributed by atoms with Gasteiger partial charge in [0.25, 0.3) is 0 Å². The van der Waals surface area contributed by atoms with E-state index in [1.165, 1.54) is 0 Å². The molecule has 1 aliphatic heterocycles. The van der Waals surface area contributed by atoms with E-state index in [0.717, 1.165) is 37.5 Å². The lowest BCUT2D eigenvalue weighted by molar-refractivity contribution is -0.317. The van der Waals surface area contributed by atoms with Crippen LogP contribution in [-0.4, -0.2) is 104 Å². The topological polar surface area (TPSA) is 177 Å². The molecule has 1 saturated heterocycles. The van der Waals surface area contributed by atoms with Crippen LogP contribution in [0.3, 0.4) is 0 Å². The van der Waals surface area contributed by atoms with E-state index < -0.39 is 72.6 Å². The number of hydrogen-bond donors (Lipinski definition) is 7. The van der Waals surface area contributed by atoms with E-state index in [1.54, 1.807) is 6.92 Å². The molecule has 4 fully saturated rings. The van der Waals surface area contributed by atoms with E-state index in [2.05, 4.69) is 27.4 Å². The lowest BCUT2D eigenvalue weighted by Gasteiger charge is -2.66. The molecular weight excluding hydrogens is 592 g/mol. The zero-order chi connectivity index (χ0) is 34.1. The number of carbonyl (C=O) groups is 1. The summed E-state index contributed by atoms with van der Waals surface area (Å²) in [5.41, 5.74) is -0.336. The van der Waals surface area contributed by atoms with Crippen LogP contribution in [0.5, 0.6) is 0 Å². The third kappa shape index (κ3) is 5.30. The fourth-order valence-corrected chi connectivity index (χ4v) is 11.0. The highest BCUT2D eigenvalue weighted by Gasteiger charge is 2.70. The minimum Gasteiger partial charge on any atom is -0.394 e. The second-order valence-electron chi connectivity index (χ2n) is 16.5. The summed E-state index contributed by atoms with van der Waals surface area (Å²) in [6.45, 7) is 15.7. The SMILES string of the molecule is C=C(C)C(O)C(C[C@@H](C)[C@H]1CC[C@@]2(C)[C@@H]3[C@@H](O)C=C4[C@@H](CC[C@H](O)C4(C)C)[C@]3(C=O)CC[C@]12C)O[C@@H]1O[C@H](CO)[C@@H](O)[C@H](O)[C@H]1O. The summed E-state index contributed by atoms with van der Waals surface area (Å²) < 4.78 is 11.8. The summed E-state index contributed by atoms with van der Waals surface area (Å²) in [4.78, 5) is 13.3. The smallest absolute Gasteiger partial charge is 0.187 e. The number of fused-ring (bicyclic) bond motifs is 5. The van der Waals surface area contributed by atoms with Crippen molar-refractivity contribution in [1.29, 1.82) is 0 Å². The summed E-state index contributed by atoms with van der Waals surface area (Å²) in [5.74, 6) is -0.107. The summed E-state index contributed by atoms with van der Waals surface area (Å²) in [7, 11) is 0. The Bertz CT molecular complexity index is 1190. The van der Waals surface area contributed by atoms with Crippen LogP contribution in [0.25, 0.3) is 0 Å². The highest BCUT2D eigenvalue weighted by Crippen LogP contribution is 2.74. The Labute approximate surface area is 273 Å². The van der Waals surface area contributed by atoms with Crippen molar-refractivity contribution in [1.82, 2.24) is 0 Å². The first-order chi connectivity index (χ1) is 21.4. The van der Waals surface area contributed by atoms with Gasteiger partial charge in [0.1, 0.15) is 36.8 Å². The molecule has 16 atom stereocenters. The predicted octanol–water partition coefficient (Wildman–Crippen LogP) is 2.25. The van der Waals surface area contributed by atoms with E-state index in [0.29, 0.717) is 24.8 Å². The normalized spacial score (nSPS) is 48.7. The van der Waals surface area contributed by atoms with E-state index in [9.17, 15) is 40.5 Å². The Hall–Kier alpha value is -1.21. The van der Waals surface area contributed by atoms with E-state index in [1.807, 2.05) is 19.9 Å². The van der Waals surface area contributed by atoms with Crippen molar-refractivity contribution in [2.75, 3.05) is 6.61 Å². The quantitative estimate of drug-likeness (QED) is 0.145. The van der Waals surface area contributed by atoms with Gasteiger partial charge in [0.2, 0.25) is 0 Å². The maximum atomic E-state index is 13.3. The van der Waals surface area contributed by atoms with Crippen LogP contribution in [0, 0.1) is 45.3 Å². The van der Waals surface area contributed by atoms with Gasteiger partial charge in [-0.1, -0.05) is 52.8 Å². The van der Waals surface area contributed by atoms with Gasteiger partial charge in [0.05, 0.1) is 24.9 Å². The fourth-order valence-electron chi connectivity index (χ4n) is 11.0. The lowest BCUT2D eigenvalue weighted by atomic mass is 9.38. The fraction of sp³-hybridized carbons (Fsp3) is 0.861. The molecule has 0 bridgehead atoms. The number of carbonyl (C=O) groups excluding carboxylic acids is 1. The highest BCUT2D eigenvalue weighted by molar-refractivity contribution is 5.65. The molecule has 0 aromatic carbocycles. The Kier molecular flexibility index (Phi) is 9.88. The van der Waals surface area contributed by atoms with Crippen LogP contribution in [0.2, 0.25) is 0 Å². The molecule has 0 aromatic heterocycles. The van der Waals surface area contributed by atoms with Crippen molar-refractivity contribution in [2.24, 2.45) is 45.3 Å². The summed E-state index contributed by atoms with van der Waals surface area (Å²) in [6.07, 6.45) is -2.53. The molecule has 5 aliphatic rings. The van der Waals surface area contributed by atoms with Crippen molar-refractivity contribution >= 4 is 6.29 Å². The zero-order valence-electron chi connectivity index (χ0n) is 28.4. The van der Waals surface area contributed by atoms with Gasteiger partial charge in [-0.2, -0.15) is 0 Å². The first-order valence-electron chi connectivity index (χ1n) is 17.2. The first-order valence-corrected chi connectivity index (χ1v) is 17.2. The molecular formula is C36H58O10. The molecule has 0 aromatic rings. The van der Waals surface area contributed by atoms with Gasteiger partial charge < -0.3 is 50.0 Å². The predicted molar refractivity (Wildman–Crippen MR) is 170 cm³/mol. The minimum atomic E-state index is -1.60. The molecule has 10 nitrogen and oxygen atoms in total. The number of aliphatic hydroxyl groups excluding tert-OH is 7. The van der Waals surface area contributed by atoms with Crippen molar-refractivity contribution in [2.45, 2.75) is 142 Å². The van der Waals surface area contributed by atoms with Gasteiger partial charge in [0.15, 0.2) is 6.29 Å². The number of hydrogen-bond acceptors (Lipinski definition) is 10. The van der Waals surface area contributed by atoms with E-state index in [4.69, 9.17) is 9.47 Å².